The Bertz CT molecular complexity index is 914. The Balaban J connectivity index is 2.97. The fourth-order valence-corrected chi connectivity index (χ4v) is 5.20. The number of piperidine rings is 1. The van der Waals surface area contributed by atoms with Gasteiger partial charge in [0.25, 0.3) is 0 Å². The summed E-state index contributed by atoms with van der Waals surface area (Å²) in [6, 6.07) is 1.95. The third-order valence-corrected chi connectivity index (χ3v) is 6.94. The highest BCUT2D eigenvalue weighted by atomic mass is 19.1. The summed E-state index contributed by atoms with van der Waals surface area (Å²) in [7, 11) is 0. The first-order valence-corrected chi connectivity index (χ1v) is 10.5. The van der Waals surface area contributed by atoms with E-state index in [-0.39, 0.29) is 24.2 Å². The number of benzene rings is 1. The summed E-state index contributed by atoms with van der Waals surface area (Å²) < 4.78 is 35.3. The molecule has 1 fully saturated rings. The van der Waals surface area contributed by atoms with Crippen LogP contribution in [0.1, 0.15) is 65.0 Å². The number of hydrogen-bond acceptors (Lipinski definition) is 5. The van der Waals surface area contributed by atoms with Crippen molar-refractivity contribution in [1.82, 2.24) is 5.32 Å². The minimum Gasteiger partial charge on any atom is -0.481 e. The lowest BCUT2D eigenvalue weighted by atomic mass is 9.50. The molecule has 0 aromatic heterocycles. The van der Waals surface area contributed by atoms with Gasteiger partial charge in [-0.2, -0.15) is 0 Å². The number of alkyl halides is 1. The number of hydrogen-bond donors (Lipinski definition) is 3. The summed E-state index contributed by atoms with van der Waals surface area (Å²) in [6.45, 7) is 7.65. The number of carboxylic acids is 2. The molecule has 0 saturated carbocycles. The number of esters is 1. The van der Waals surface area contributed by atoms with Crippen molar-refractivity contribution in [1.29, 1.82) is 0 Å². The maximum atomic E-state index is 15.2. The number of carboxylic acid groups (broad SMARTS) is 2. The molecule has 32 heavy (non-hydrogen) atoms. The molecule has 1 saturated heterocycles. The van der Waals surface area contributed by atoms with Gasteiger partial charge in [-0.15, -0.1) is 0 Å². The van der Waals surface area contributed by atoms with Gasteiger partial charge in [0, 0.05) is 24.4 Å². The van der Waals surface area contributed by atoms with E-state index in [1.807, 2.05) is 0 Å². The largest absolute Gasteiger partial charge is 0.481 e. The van der Waals surface area contributed by atoms with E-state index in [1.165, 1.54) is 26.0 Å². The van der Waals surface area contributed by atoms with E-state index in [4.69, 9.17) is 4.74 Å². The summed E-state index contributed by atoms with van der Waals surface area (Å²) >= 11 is 0. The zero-order valence-corrected chi connectivity index (χ0v) is 19.2. The van der Waals surface area contributed by atoms with Crippen LogP contribution in [0.5, 0.6) is 0 Å². The minimum atomic E-state index is -2.21. The van der Waals surface area contributed by atoms with Crippen LogP contribution in [0.4, 0.5) is 8.78 Å². The molecule has 7 nitrogen and oxygen atoms in total. The van der Waals surface area contributed by atoms with Crippen LogP contribution < -0.4 is 5.32 Å². The monoisotopic (exact) mass is 455 g/mol. The number of nitrogens with one attached hydrogen (secondary N) is 1. The molecule has 1 aliphatic heterocycles. The van der Waals surface area contributed by atoms with Crippen LogP contribution >= 0.6 is 0 Å². The van der Waals surface area contributed by atoms with Crippen molar-refractivity contribution < 1.29 is 38.1 Å². The maximum absolute atomic E-state index is 15.2. The first-order valence-electron chi connectivity index (χ1n) is 10.5. The molecule has 1 heterocycles. The molecule has 9 heteroatoms. The van der Waals surface area contributed by atoms with Crippen LogP contribution in [-0.2, 0) is 24.8 Å². The van der Waals surface area contributed by atoms with E-state index in [1.54, 1.807) is 13.8 Å². The van der Waals surface area contributed by atoms with E-state index in [9.17, 15) is 29.0 Å². The topological polar surface area (TPSA) is 113 Å². The van der Waals surface area contributed by atoms with Gasteiger partial charge in [0.1, 0.15) is 18.1 Å². The first-order chi connectivity index (χ1) is 14.6. The van der Waals surface area contributed by atoms with Gasteiger partial charge in [0.2, 0.25) is 0 Å². The number of rotatable bonds is 7. The van der Waals surface area contributed by atoms with Crippen molar-refractivity contribution in [2.75, 3.05) is 6.61 Å². The first kappa shape index (κ1) is 25.7. The Kier molecular flexibility index (Phi) is 7.04. The highest BCUT2D eigenvalue weighted by molar-refractivity contribution is 5.84. The fraction of sp³-hybridized carbons (Fsp3) is 0.609. The van der Waals surface area contributed by atoms with E-state index in [0.29, 0.717) is 0 Å². The van der Waals surface area contributed by atoms with Gasteiger partial charge in [0.15, 0.2) is 0 Å². The van der Waals surface area contributed by atoms with Crippen molar-refractivity contribution in [3.63, 3.8) is 0 Å². The molecule has 1 aromatic rings. The summed E-state index contributed by atoms with van der Waals surface area (Å²) in [5.74, 6) is -5.51. The molecular formula is C23H31F2NO6. The molecule has 0 aliphatic carbocycles. The van der Waals surface area contributed by atoms with E-state index in [2.05, 4.69) is 5.32 Å². The van der Waals surface area contributed by atoms with Gasteiger partial charge in [-0.1, -0.05) is 19.1 Å². The molecule has 2 rings (SSSR count). The third-order valence-electron chi connectivity index (χ3n) is 6.94. The van der Waals surface area contributed by atoms with Gasteiger partial charge in [-0.3, -0.25) is 14.4 Å². The van der Waals surface area contributed by atoms with Crippen molar-refractivity contribution in [3.05, 3.63) is 35.1 Å². The van der Waals surface area contributed by atoms with Crippen LogP contribution in [0.25, 0.3) is 0 Å². The maximum Gasteiger partial charge on any atom is 0.312 e. The molecule has 5 atom stereocenters. The highest BCUT2D eigenvalue weighted by Crippen LogP contribution is 2.58. The second-order valence-corrected chi connectivity index (χ2v) is 9.14. The van der Waals surface area contributed by atoms with Gasteiger partial charge in [0.05, 0.1) is 16.9 Å². The Labute approximate surface area is 186 Å². The number of carbonyl (C=O) groups excluding carboxylic acids is 1. The van der Waals surface area contributed by atoms with Crippen molar-refractivity contribution in [2.45, 2.75) is 71.6 Å². The fourth-order valence-electron chi connectivity index (χ4n) is 5.20. The molecule has 3 N–H and O–H groups in total. The molecule has 1 aliphatic rings. The lowest BCUT2D eigenvalue weighted by Crippen LogP contribution is -2.70. The van der Waals surface area contributed by atoms with Crippen molar-refractivity contribution in [3.8, 4) is 0 Å². The molecule has 1 aromatic carbocycles. The summed E-state index contributed by atoms with van der Waals surface area (Å²) in [6.07, 6.45) is -0.0792. The average Bonchev–Trinajstić information content (AvgIpc) is 2.66. The predicted molar refractivity (Wildman–Crippen MR) is 112 cm³/mol. The van der Waals surface area contributed by atoms with Crippen LogP contribution in [-0.4, -0.2) is 46.8 Å². The molecule has 0 spiro atoms. The molecule has 178 valence electrons. The molecule has 5 unspecified atom stereocenters. The zero-order valence-electron chi connectivity index (χ0n) is 19.2. The lowest BCUT2D eigenvalue weighted by molar-refractivity contribution is -0.176. The third kappa shape index (κ3) is 3.98. The molecule has 0 amide bonds. The second kappa shape index (κ2) is 8.77. The van der Waals surface area contributed by atoms with E-state index < -0.39 is 58.2 Å². The van der Waals surface area contributed by atoms with Crippen LogP contribution in [0, 0.1) is 16.6 Å². The Morgan fingerprint density at radius 2 is 1.81 bits per heavy atom. The van der Waals surface area contributed by atoms with E-state index in [0.717, 1.165) is 19.9 Å². The zero-order chi connectivity index (χ0) is 24.6. The number of halogens is 2. The Morgan fingerprint density at radius 3 is 2.25 bits per heavy atom. The van der Waals surface area contributed by atoms with Gasteiger partial charge in [-0.25, -0.2) is 8.78 Å². The number of carbonyl (C=O) groups is 3. The summed E-state index contributed by atoms with van der Waals surface area (Å²) in [5, 5.41) is 23.7. The SMILES string of the molecule is CCC1(C(=O)O)C(COC(C)=O)NC(C)C(C)(C(=O)O)C1c1cccc(F)c1C(C)(C)F. The van der Waals surface area contributed by atoms with E-state index >= 15 is 4.39 Å². The Morgan fingerprint density at radius 1 is 1.22 bits per heavy atom. The van der Waals surface area contributed by atoms with Gasteiger partial charge in [-0.05, 0) is 45.7 Å². The average molecular weight is 455 g/mol. The molecular weight excluding hydrogens is 424 g/mol. The standard InChI is InChI=1S/C23H31F2NO6/c1-7-23(20(30)31)16(11-32-13(3)27)26-12(2)22(6,19(28)29)18(23)14-9-8-10-15(24)17(14)21(4,5)25/h8-10,12,16,18,26H,7,11H2,1-6H3,(H,28,29)(H,30,31). The quantitative estimate of drug-likeness (QED) is 0.538. The smallest absolute Gasteiger partial charge is 0.312 e. The highest BCUT2D eigenvalue weighted by Gasteiger charge is 2.66. The molecule has 0 bridgehead atoms. The normalized spacial score (nSPS) is 30.6. The van der Waals surface area contributed by atoms with Gasteiger partial charge >= 0.3 is 17.9 Å². The minimum absolute atomic E-state index is 0.0205. The van der Waals surface area contributed by atoms with Crippen molar-refractivity contribution >= 4 is 17.9 Å². The van der Waals surface area contributed by atoms with Gasteiger partial charge < -0.3 is 20.3 Å². The van der Waals surface area contributed by atoms with Crippen LogP contribution in [0.2, 0.25) is 0 Å². The van der Waals surface area contributed by atoms with Crippen LogP contribution in [0.15, 0.2) is 18.2 Å². The predicted octanol–water partition coefficient (Wildman–Crippen LogP) is 3.61. The second-order valence-electron chi connectivity index (χ2n) is 9.14. The molecule has 0 radical (unpaired) electrons. The summed E-state index contributed by atoms with van der Waals surface area (Å²) in [4.78, 5) is 36.9. The number of ether oxygens (including phenoxy) is 1. The van der Waals surface area contributed by atoms with Crippen LogP contribution in [0.3, 0.4) is 0 Å². The lowest BCUT2D eigenvalue weighted by Gasteiger charge is -2.57. The number of aliphatic carboxylic acids is 2. The van der Waals surface area contributed by atoms with Crippen molar-refractivity contribution in [2.24, 2.45) is 10.8 Å². The Hall–Kier alpha value is -2.55. The summed E-state index contributed by atoms with van der Waals surface area (Å²) in [5.41, 5.74) is -6.21.